The molecule has 0 saturated heterocycles. The summed E-state index contributed by atoms with van der Waals surface area (Å²) >= 11 is 0. The third kappa shape index (κ3) is 1.52. The van der Waals surface area contributed by atoms with Gasteiger partial charge in [0.1, 0.15) is 0 Å². The van der Waals surface area contributed by atoms with Crippen LogP contribution in [0.2, 0.25) is 0 Å². The Kier molecular flexibility index (Phi) is 1.91. The summed E-state index contributed by atoms with van der Waals surface area (Å²) in [5, 5.41) is 0. The van der Waals surface area contributed by atoms with Crippen LogP contribution in [0.1, 0.15) is 38.3 Å². The first kappa shape index (κ1) is 7.84. The van der Waals surface area contributed by atoms with E-state index >= 15 is 0 Å². The van der Waals surface area contributed by atoms with Crippen molar-refractivity contribution in [2.24, 2.45) is 5.92 Å². The molecule has 66 valence electrons. The van der Waals surface area contributed by atoms with Crippen molar-refractivity contribution in [1.29, 1.82) is 0 Å². The second-order valence-corrected chi connectivity index (χ2v) is 4.07. The van der Waals surface area contributed by atoms with Gasteiger partial charge < -0.3 is 4.57 Å². The summed E-state index contributed by atoms with van der Waals surface area (Å²) < 4.78 is 2.31. The second-order valence-electron chi connectivity index (χ2n) is 4.07. The average molecular weight is 164 g/mol. The third-order valence-electron chi connectivity index (χ3n) is 2.49. The van der Waals surface area contributed by atoms with Gasteiger partial charge in [-0.3, -0.25) is 0 Å². The largest absolute Gasteiger partial charge is 0.334 e. The molecular weight excluding hydrogens is 148 g/mol. The number of nitrogens with zero attached hydrogens (tertiary/aromatic N) is 2. The number of hydrogen-bond acceptors (Lipinski definition) is 1. The van der Waals surface area contributed by atoms with Crippen molar-refractivity contribution in [1.82, 2.24) is 9.55 Å². The average Bonchev–Trinajstić information content (AvgIpc) is 2.66. The molecule has 1 fully saturated rings. The lowest BCUT2D eigenvalue weighted by Crippen LogP contribution is -2.04. The smallest absolute Gasteiger partial charge is 0.0948 e. The van der Waals surface area contributed by atoms with Crippen LogP contribution in [0, 0.1) is 5.92 Å². The Bertz CT molecular complexity index is 259. The second kappa shape index (κ2) is 2.92. The molecule has 1 aromatic rings. The van der Waals surface area contributed by atoms with Crippen LogP contribution in [0.3, 0.4) is 0 Å². The molecule has 1 heterocycles. The number of rotatable bonds is 3. The van der Waals surface area contributed by atoms with Gasteiger partial charge in [-0.05, 0) is 24.7 Å². The van der Waals surface area contributed by atoms with E-state index in [2.05, 4.69) is 23.4 Å². The van der Waals surface area contributed by atoms with E-state index in [-0.39, 0.29) is 0 Å². The van der Waals surface area contributed by atoms with Gasteiger partial charge in [0.05, 0.1) is 6.33 Å². The third-order valence-corrected chi connectivity index (χ3v) is 2.49. The van der Waals surface area contributed by atoms with Gasteiger partial charge in [0, 0.05) is 18.4 Å². The Balaban J connectivity index is 2.11. The summed E-state index contributed by atoms with van der Waals surface area (Å²) in [5.41, 5.74) is 1.38. The van der Waals surface area contributed by atoms with E-state index in [1.165, 1.54) is 25.1 Å². The molecule has 12 heavy (non-hydrogen) atoms. The molecule has 1 aromatic heterocycles. The predicted molar refractivity (Wildman–Crippen MR) is 49.0 cm³/mol. The standard InChI is InChI=1S/C10H16N2/c1-8(2)10-5-11-7-12(10)6-9-3-4-9/h5,7-9H,3-4,6H2,1-2H3. The molecule has 0 bridgehead atoms. The normalized spacial score (nSPS) is 17.2. The van der Waals surface area contributed by atoms with E-state index in [1.54, 1.807) is 0 Å². The zero-order valence-electron chi connectivity index (χ0n) is 7.83. The van der Waals surface area contributed by atoms with E-state index < -0.39 is 0 Å². The van der Waals surface area contributed by atoms with E-state index in [9.17, 15) is 0 Å². The Labute approximate surface area is 73.6 Å². The van der Waals surface area contributed by atoms with Gasteiger partial charge >= 0.3 is 0 Å². The highest BCUT2D eigenvalue weighted by molar-refractivity contribution is 5.04. The Morgan fingerprint density at radius 1 is 1.58 bits per heavy atom. The van der Waals surface area contributed by atoms with Gasteiger partial charge in [0.2, 0.25) is 0 Å². The summed E-state index contributed by atoms with van der Waals surface area (Å²) in [6.45, 7) is 5.63. The molecule has 2 nitrogen and oxygen atoms in total. The highest BCUT2D eigenvalue weighted by Crippen LogP contribution is 2.31. The van der Waals surface area contributed by atoms with Gasteiger partial charge in [-0.1, -0.05) is 13.8 Å². The molecule has 0 aliphatic heterocycles. The first-order chi connectivity index (χ1) is 5.77. The van der Waals surface area contributed by atoms with Gasteiger partial charge in [0.15, 0.2) is 0 Å². The quantitative estimate of drug-likeness (QED) is 0.670. The molecule has 0 amide bonds. The molecule has 0 radical (unpaired) electrons. The van der Waals surface area contributed by atoms with Crippen molar-refractivity contribution in [2.75, 3.05) is 0 Å². The van der Waals surface area contributed by atoms with Crippen molar-refractivity contribution < 1.29 is 0 Å². The zero-order valence-corrected chi connectivity index (χ0v) is 7.83. The molecule has 2 heteroatoms. The minimum Gasteiger partial charge on any atom is -0.334 e. The van der Waals surface area contributed by atoms with Crippen LogP contribution in [0.5, 0.6) is 0 Å². The molecule has 0 aromatic carbocycles. The first-order valence-electron chi connectivity index (χ1n) is 4.77. The maximum atomic E-state index is 4.19. The van der Waals surface area contributed by atoms with Crippen LogP contribution in [0.4, 0.5) is 0 Å². The van der Waals surface area contributed by atoms with E-state index in [0.717, 1.165) is 5.92 Å². The molecule has 1 aliphatic rings. The number of aromatic nitrogens is 2. The first-order valence-corrected chi connectivity index (χ1v) is 4.77. The molecule has 0 atom stereocenters. The summed E-state index contributed by atoms with van der Waals surface area (Å²) in [6.07, 6.45) is 6.78. The van der Waals surface area contributed by atoms with Crippen molar-refractivity contribution in [3.05, 3.63) is 18.2 Å². The highest BCUT2D eigenvalue weighted by atomic mass is 15.1. The molecule has 0 unspecified atom stereocenters. The lowest BCUT2D eigenvalue weighted by Gasteiger charge is -2.09. The lowest BCUT2D eigenvalue weighted by atomic mass is 10.1. The molecule has 0 spiro atoms. The van der Waals surface area contributed by atoms with E-state index in [4.69, 9.17) is 0 Å². The van der Waals surface area contributed by atoms with Crippen LogP contribution in [0.25, 0.3) is 0 Å². The SMILES string of the molecule is CC(C)c1cncn1CC1CC1. The van der Waals surface area contributed by atoms with Crippen molar-refractivity contribution in [2.45, 2.75) is 39.2 Å². The Morgan fingerprint density at radius 2 is 2.33 bits per heavy atom. The van der Waals surface area contributed by atoms with E-state index in [1.807, 2.05) is 12.5 Å². The maximum absolute atomic E-state index is 4.19. The van der Waals surface area contributed by atoms with Gasteiger partial charge in [-0.25, -0.2) is 4.98 Å². The minimum absolute atomic E-state index is 0.603. The fourth-order valence-corrected chi connectivity index (χ4v) is 1.54. The van der Waals surface area contributed by atoms with Crippen molar-refractivity contribution in [3.8, 4) is 0 Å². The molecule has 1 saturated carbocycles. The number of hydrogen-bond donors (Lipinski definition) is 0. The van der Waals surface area contributed by atoms with Gasteiger partial charge in [0.25, 0.3) is 0 Å². The lowest BCUT2D eigenvalue weighted by molar-refractivity contribution is 0.585. The number of imidazole rings is 1. The molecule has 0 N–H and O–H groups in total. The Morgan fingerprint density at radius 3 is 2.92 bits per heavy atom. The molecular formula is C10H16N2. The Hall–Kier alpha value is -0.790. The van der Waals surface area contributed by atoms with Crippen LogP contribution >= 0.6 is 0 Å². The fourth-order valence-electron chi connectivity index (χ4n) is 1.54. The summed E-state index contributed by atoms with van der Waals surface area (Å²) in [4.78, 5) is 4.19. The molecule has 1 aliphatic carbocycles. The zero-order chi connectivity index (χ0) is 8.55. The van der Waals surface area contributed by atoms with Crippen LogP contribution in [-0.2, 0) is 6.54 Å². The van der Waals surface area contributed by atoms with Gasteiger partial charge in [-0.15, -0.1) is 0 Å². The van der Waals surface area contributed by atoms with Gasteiger partial charge in [-0.2, -0.15) is 0 Å². The predicted octanol–water partition coefficient (Wildman–Crippen LogP) is 2.42. The highest BCUT2D eigenvalue weighted by Gasteiger charge is 2.22. The van der Waals surface area contributed by atoms with E-state index in [0.29, 0.717) is 5.92 Å². The summed E-state index contributed by atoms with van der Waals surface area (Å²) in [5.74, 6) is 1.54. The maximum Gasteiger partial charge on any atom is 0.0948 e. The minimum atomic E-state index is 0.603. The molecule has 2 rings (SSSR count). The monoisotopic (exact) mass is 164 g/mol. The van der Waals surface area contributed by atoms with Crippen LogP contribution in [-0.4, -0.2) is 9.55 Å². The fraction of sp³-hybridized carbons (Fsp3) is 0.700. The van der Waals surface area contributed by atoms with Crippen molar-refractivity contribution in [3.63, 3.8) is 0 Å². The van der Waals surface area contributed by atoms with Crippen molar-refractivity contribution >= 4 is 0 Å². The van der Waals surface area contributed by atoms with Crippen LogP contribution < -0.4 is 0 Å². The summed E-state index contributed by atoms with van der Waals surface area (Å²) in [7, 11) is 0. The van der Waals surface area contributed by atoms with Crippen LogP contribution in [0.15, 0.2) is 12.5 Å². The topological polar surface area (TPSA) is 17.8 Å². The summed E-state index contributed by atoms with van der Waals surface area (Å²) in [6, 6.07) is 0.